The Morgan fingerprint density at radius 1 is 1.32 bits per heavy atom. The van der Waals surface area contributed by atoms with E-state index in [1.54, 1.807) is 11.3 Å². The fourth-order valence-electron chi connectivity index (χ4n) is 1.56. The van der Waals surface area contributed by atoms with Gasteiger partial charge in [-0.15, -0.1) is 11.3 Å². The first-order chi connectivity index (χ1) is 9.10. The van der Waals surface area contributed by atoms with Gasteiger partial charge in [0, 0.05) is 6.54 Å². The molecule has 0 saturated heterocycles. The Morgan fingerprint density at radius 2 is 2.11 bits per heavy atom. The second-order valence-corrected chi connectivity index (χ2v) is 5.31. The summed E-state index contributed by atoms with van der Waals surface area (Å²) >= 11 is 1.62. The van der Waals surface area contributed by atoms with E-state index < -0.39 is 0 Å². The quantitative estimate of drug-likeness (QED) is 0.910. The highest BCUT2D eigenvalue weighted by atomic mass is 32.1. The van der Waals surface area contributed by atoms with Gasteiger partial charge in [0.05, 0.1) is 11.0 Å². The summed E-state index contributed by atoms with van der Waals surface area (Å²) in [7, 11) is 0. The smallest absolute Gasteiger partial charge is 0.322 e. The molecule has 2 rings (SSSR count). The van der Waals surface area contributed by atoms with Crippen LogP contribution in [0.4, 0.5) is 5.95 Å². The van der Waals surface area contributed by atoms with Gasteiger partial charge in [0.2, 0.25) is 5.95 Å². The Balaban J connectivity index is 2.42. The zero-order valence-corrected chi connectivity index (χ0v) is 12.4. The van der Waals surface area contributed by atoms with Crippen LogP contribution in [0.2, 0.25) is 0 Å². The molecule has 1 N–H and O–H groups in total. The van der Waals surface area contributed by atoms with Crippen molar-refractivity contribution in [1.29, 1.82) is 0 Å². The summed E-state index contributed by atoms with van der Waals surface area (Å²) < 4.78 is 5.58. The Morgan fingerprint density at radius 3 is 2.68 bits per heavy atom. The van der Waals surface area contributed by atoms with Crippen LogP contribution in [0.5, 0.6) is 6.01 Å². The van der Waals surface area contributed by atoms with Crippen molar-refractivity contribution in [1.82, 2.24) is 15.0 Å². The van der Waals surface area contributed by atoms with Crippen molar-refractivity contribution in [3.05, 3.63) is 17.0 Å². The number of ether oxygens (including phenoxy) is 1. The molecule has 6 heteroatoms. The maximum atomic E-state index is 5.58. The van der Waals surface area contributed by atoms with Crippen LogP contribution >= 0.6 is 11.3 Å². The molecule has 19 heavy (non-hydrogen) atoms. The summed E-state index contributed by atoms with van der Waals surface area (Å²) in [6.45, 7) is 8.71. The van der Waals surface area contributed by atoms with Gasteiger partial charge >= 0.3 is 6.01 Å². The van der Waals surface area contributed by atoms with Crippen LogP contribution in [-0.2, 0) is 0 Å². The van der Waals surface area contributed by atoms with Gasteiger partial charge in [0.1, 0.15) is 0 Å². The molecular weight excluding hydrogens is 260 g/mol. The fraction of sp³-hybridized carbons (Fsp3) is 0.462. The average Bonchev–Trinajstić information content (AvgIpc) is 2.74. The summed E-state index contributed by atoms with van der Waals surface area (Å²) in [6.07, 6.45) is 0.0363. The second kappa shape index (κ2) is 5.97. The molecule has 0 atom stereocenters. The Bertz CT molecular complexity index is 553. The second-order valence-electron chi connectivity index (χ2n) is 4.39. The summed E-state index contributed by atoms with van der Waals surface area (Å²) in [4.78, 5) is 14.1. The number of nitrogens with one attached hydrogen (secondary N) is 1. The zero-order chi connectivity index (χ0) is 13.8. The highest BCUT2D eigenvalue weighted by Crippen LogP contribution is 2.27. The Labute approximate surface area is 117 Å². The highest BCUT2D eigenvalue weighted by Gasteiger charge is 2.13. The van der Waals surface area contributed by atoms with Crippen molar-refractivity contribution in [2.24, 2.45) is 0 Å². The van der Waals surface area contributed by atoms with Crippen LogP contribution < -0.4 is 10.1 Å². The molecule has 0 saturated carbocycles. The number of hydrogen-bond acceptors (Lipinski definition) is 6. The molecule has 102 valence electrons. The molecule has 0 amide bonds. The molecule has 0 bridgehead atoms. The van der Waals surface area contributed by atoms with E-state index in [1.165, 1.54) is 0 Å². The molecule has 0 fully saturated rings. The molecule has 0 aliphatic rings. The maximum Gasteiger partial charge on any atom is 0.322 e. The van der Waals surface area contributed by atoms with Crippen molar-refractivity contribution < 1.29 is 4.74 Å². The third-order valence-corrected chi connectivity index (χ3v) is 3.37. The lowest BCUT2D eigenvalue weighted by molar-refractivity contribution is 0.222. The van der Waals surface area contributed by atoms with E-state index in [-0.39, 0.29) is 6.10 Å². The largest absolute Gasteiger partial charge is 0.461 e. The molecule has 0 aliphatic carbocycles. The normalized spacial score (nSPS) is 10.8. The molecule has 2 heterocycles. The number of aryl methyl sites for hydroxylation is 1. The summed E-state index contributed by atoms with van der Waals surface area (Å²) in [5, 5.41) is 5.14. The minimum Gasteiger partial charge on any atom is -0.461 e. The minimum atomic E-state index is 0.0363. The van der Waals surface area contributed by atoms with E-state index in [4.69, 9.17) is 4.74 Å². The van der Waals surface area contributed by atoms with Gasteiger partial charge in [-0.2, -0.15) is 15.0 Å². The van der Waals surface area contributed by atoms with Gasteiger partial charge in [-0.3, -0.25) is 0 Å². The van der Waals surface area contributed by atoms with E-state index in [9.17, 15) is 0 Å². The lowest BCUT2D eigenvalue weighted by Crippen LogP contribution is -2.12. The summed E-state index contributed by atoms with van der Waals surface area (Å²) in [5.74, 6) is 1.21. The number of anilines is 1. The molecule has 5 nitrogen and oxygen atoms in total. The van der Waals surface area contributed by atoms with Gasteiger partial charge in [0.15, 0.2) is 5.82 Å². The van der Waals surface area contributed by atoms with Crippen molar-refractivity contribution in [3.8, 4) is 16.7 Å². The van der Waals surface area contributed by atoms with Crippen LogP contribution in [-0.4, -0.2) is 27.6 Å². The predicted molar refractivity (Wildman–Crippen MR) is 77.8 cm³/mol. The first-order valence-corrected chi connectivity index (χ1v) is 7.19. The standard InChI is InChI=1S/C13H18N4OS/c1-5-14-12-15-11(10-9(4)6-7-19-10)16-13(17-12)18-8(2)3/h6-8H,5H2,1-4H3,(H,14,15,16,17). The first kappa shape index (κ1) is 13.7. The van der Waals surface area contributed by atoms with E-state index in [0.717, 1.165) is 17.0 Å². The number of aromatic nitrogens is 3. The van der Waals surface area contributed by atoms with Gasteiger partial charge in [-0.1, -0.05) is 0 Å². The molecular formula is C13H18N4OS. The predicted octanol–water partition coefficient (Wildman–Crippen LogP) is 3.13. The highest BCUT2D eigenvalue weighted by molar-refractivity contribution is 7.13. The van der Waals surface area contributed by atoms with Crippen LogP contribution in [0.3, 0.4) is 0 Å². The third kappa shape index (κ3) is 3.41. The third-order valence-electron chi connectivity index (χ3n) is 2.36. The van der Waals surface area contributed by atoms with E-state index in [2.05, 4.69) is 26.3 Å². The van der Waals surface area contributed by atoms with Gasteiger partial charge < -0.3 is 10.1 Å². The van der Waals surface area contributed by atoms with E-state index in [1.807, 2.05) is 33.1 Å². The molecule has 2 aromatic heterocycles. The lowest BCUT2D eigenvalue weighted by Gasteiger charge is -2.10. The monoisotopic (exact) mass is 278 g/mol. The number of rotatable bonds is 5. The van der Waals surface area contributed by atoms with Crippen molar-refractivity contribution in [3.63, 3.8) is 0 Å². The van der Waals surface area contributed by atoms with Gasteiger partial charge in [-0.25, -0.2) is 0 Å². The number of nitrogens with zero attached hydrogens (tertiary/aromatic N) is 3. The lowest BCUT2D eigenvalue weighted by atomic mass is 10.3. The molecule has 0 aromatic carbocycles. The number of thiophene rings is 1. The maximum absolute atomic E-state index is 5.58. The van der Waals surface area contributed by atoms with Crippen molar-refractivity contribution in [2.75, 3.05) is 11.9 Å². The SMILES string of the molecule is CCNc1nc(OC(C)C)nc(-c2sccc2C)n1. The fourth-order valence-corrected chi connectivity index (χ4v) is 2.42. The topological polar surface area (TPSA) is 59.9 Å². The molecule has 0 aliphatic heterocycles. The number of hydrogen-bond donors (Lipinski definition) is 1. The minimum absolute atomic E-state index is 0.0363. The summed E-state index contributed by atoms with van der Waals surface area (Å²) in [6, 6.07) is 2.42. The molecule has 0 spiro atoms. The van der Waals surface area contributed by atoms with Gasteiger partial charge in [0.25, 0.3) is 0 Å². The van der Waals surface area contributed by atoms with E-state index in [0.29, 0.717) is 17.8 Å². The molecule has 0 radical (unpaired) electrons. The average molecular weight is 278 g/mol. The van der Waals surface area contributed by atoms with Crippen LogP contribution in [0.1, 0.15) is 26.3 Å². The zero-order valence-electron chi connectivity index (χ0n) is 11.6. The van der Waals surface area contributed by atoms with E-state index >= 15 is 0 Å². The molecule has 2 aromatic rings. The van der Waals surface area contributed by atoms with Gasteiger partial charge in [-0.05, 0) is 44.7 Å². The molecule has 0 unspecified atom stereocenters. The first-order valence-electron chi connectivity index (χ1n) is 6.31. The van der Waals surface area contributed by atoms with Crippen molar-refractivity contribution >= 4 is 17.3 Å². The van der Waals surface area contributed by atoms with Crippen LogP contribution in [0, 0.1) is 6.92 Å². The summed E-state index contributed by atoms with van der Waals surface area (Å²) in [5.41, 5.74) is 1.16. The van der Waals surface area contributed by atoms with Crippen LogP contribution in [0.25, 0.3) is 10.7 Å². The van der Waals surface area contributed by atoms with Crippen molar-refractivity contribution in [2.45, 2.75) is 33.8 Å². The Hall–Kier alpha value is -1.69. The Kier molecular flexibility index (Phi) is 4.31. The van der Waals surface area contributed by atoms with Crippen LogP contribution in [0.15, 0.2) is 11.4 Å².